The highest BCUT2D eigenvalue weighted by molar-refractivity contribution is 5.86. The van der Waals surface area contributed by atoms with Gasteiger partial charge in [-0.15, -0.1) is 0 Å². The average molecular weight is 368 g/mol. The first kappa shape index (κ1) is 17.0. The second-order valence-electron chi connectivity index (χ2n) is 7.60. The predicted octanol–water partition coefficient (Wildman–Crippen LogP) is 5.95. The third-order valence-corrected chi connectivity index (χ3v) is 5.77. The largest absolute Gasteiger partial charge is 0.337 e. The Kier molecular flexibility index (Phi) is 4.53. The molecular formula is C24H24N4. The summed E-state index contributed by atoms with van der Waals surface area (Å²) >= 11 is 0. The molecule has 0 spiro atoms. The van der Waals surface area contributed by atoms with E-state index in [2.05, 4.69) is 74.7 Å². The smallest absolute Gasteiger partial charge is 0.0944 e. The lowest BCUT2D eigenvalue weighted by atomic mass is 10.0. The first-order valence-corrected chi connectivity index (χ1v) is 10.1. The molecule has 0 atom stereocenters. The Balaban J connectivity index is 1.53. The van der Waals surface area contributed by atoms with Crippen LogP contribution in [0.15, 0.2) is 73.1 Å². The number of para-hydroxylation sites is 1. The summed E-state index contributed by atoms with van der Waals surface area (Å²) in [5.41, 5.74) is 5.86. The first-order chi connectivity index (χ1) is 13.9. The number of pyridine rings is 1. The van der Waals surface area contributed by atoms with E-state index in [4.69, 9.17) is 0 Å². The molecule has 28 heavy (non-hydrogen) atoms. The van der Waals surface area contributed by atoms with Gasteiger partial charge in [-0.05, 0) is 54.8 Å². The molecule has 0 amide bonds. The third kappa shape index (κ3) is 3.26. The van der Waals surface area contributed by atoms with E-state index in [9.17, 15) is 0 Å². The van der Waals surface area contributed by atoms with E-state index >= 15 is 0 Å². The van der Waals surface area contributed by atoms with Crippen molar-refractivity contribution in [2.24, 2.45) is 0 Å². The van der Waals surface area contributed by atoms with Crippen LogP contribution in [0, 0.1) is 0 Å². The number of aromatic amines is 1. The molecule has 1 aliphatic rings. The standard InChI is InChI=1S/C24H24N4/c1-2-10-20(11-3-1)28(17-18-7-6-14-25-16-18)21-12-13-22-23(15-21)26-27-24(22)19-8-4-5-9-19/h1-3,6-7,10-16,19H,4-5,8-9,17H2,(H,26,27). The van der Waals surface area contributed by atoms with Crippen molar-refractivity contribution in [3.8, 4) is 0 Å². The minimum Gasteiger partial charge on any atom is -0.337 e. The Morgan fingerprint density at radius 2 is 1.79 bits per heavy atom. The molecule has 4 aromatic rings. The summed E-state index contributed by atoms with van der Waals surface area (Å²) in [7, 11) is 0. The predicted molar refractivity (Wildman–Crippen MR) is 114 cm³/mol. The van der Waals surface area contributed by atoms with Crippen molar-refractivity contribution in [2.75, 3.05) is 4.90 Å². The van der Waals surface area contributed by atoms with Crippen LogP contribution in [0.5, 0.6) is 0 Å². The van der Waals surface area contributed by atoms with Crippen molar-refractivity contribution < 1.29 is 0 Å². The number of H-pyrrole nitrogens is 1. The number of aromatic nitrogens is 3. The first-order valence-electron chi connectivity index (χ1n) is 10.1. The number of anilines is 2. The minimum atomic E-state index is 0.636. The fourth-order valence-corrected chi connectivity index (χ4v) is 4.33. The number of hydrogen-bond acceptors (Lipinski definition) is 3. The number of benzene rings is 2. The van der Waals surface area contributed by atoms with Crippen molar-refractivity contribution in [1.29, 1.82) is 0 Å². The summed E-state index contributed by atoms with van der Waals surface area (Å²) in [6.07, 6.45) is 8.95. The van der Waals surface area contributed by atoms with Crippen LogP contribution >= 0.6 is 0 Å². The molecule has 4 nitrogen and oxygen atoms in total. The number of rotatable bonds is 5. The molecule has 2 aromatic heterocycles. The van der Waals surface area contributed by atoms with Gasteiger partial charge in [-0.1, -0.05) is 37.1 Å². The van der Waals surface area contributed by atoms with E-state index in [1.54, 1.807) is 0 Å². The van der Waals surface area contributed by atoms with Crippen LogP contribution in [0.3, 0.4) is 0 Å². The lowest BCUT2D eigenvalue weighted by Crippen LogP contribution is -2.16. The van der Waals surface area contributed by atoms with Crippen molar-refractivity contribution in [3.63, 3.8) is 0 Å². The SMILES string of the molecule is c1ccc(N(Cc2cccnc2)c2ccc3c(C4CCCC4)[nH]nc3c2)cc1. The Hall–Kier alpha value is -3.14. The van der Waals surface area contributed by atoms with E-state index in [0.717, 1.165) is 23.4 Å². The topological polar surface area (TPSA) is 44.8 Å². The molecule has 0 radical (unpaired) electrons. The maximum atomic E-state index is 4.64. The highest BCUT2D eigenvalue weighted by Crippen LogP contribution is 2.38. The van der Waals surface area contributed by atoms with Crippen LogP contribution in [0.25, 0.3) is 10.9 Å². The zero-order valence-electron chi connectivity index (χ0n) is 15.9. The van der Waals surface area contributed by atoms with Gasteiger partial charge in [-0.25, -0.2) is 0 Å². The van der Waals surface area contributed by atoms with Gasteiger partial charge in [-0.3, -0.25) is 10.1 Å². The van der Waals surface area contributed by atoms with Gasteiger partial charge < -0.3 is 4.90 Å². The molecule has 0 aliphatic heterocycles. The van der Waals surface area contributed by atoms with Gasteiger partial charge in [0.1, 0.15) is 0 Å². The van der Waals surface area contributed by atoms with Crippen molar-refractivity contribution in [1.82, 2.24) is 15.2 Å². The third-order valence-electron chi connectivity index (χ3n) is 5.77. The Bertz CT molecular complexity index is 1050. The monoisotopic (exact) mass is 368 g/mol. The molecule has 0 unspecified atom stereocenters. The Labute approximate surface area is 165 Å². The van der Waals surface area contributed by atoms with Gasteiger partial charge >= 0.3 is 0 Å². The summed E-state index contributed by atoms with van der Waals surface area (Å²) in [6, 6.07) is 21.3. The van der Waals surface area contributed by atoms with E-state index in [1.165, 1.54) is 42.3 Å². The molecule has 5 rings (SSSR count). The summed E-state index contributed by atoms with van der Waals surface area (Å²) in [4.78, 5) is 6.60. The van der Waals surface area contributed by atoms with Crippen LogP contribution in [0.4, 0.5) is 11.4 Å². The zero-order valence-corrected chi connectivity index (χ0v) is 15.9. The lowest BCUT2D eigenvalue weighted by Gasteiger charge is -2.25. The molecule has 1 N–H and O–H groups in total. The summed E-state index contributed by atoms with van der Waals surface area (Å²) in [6.45, 7) is 0.767. The van der Waals surface area contributed by atoms with Crippen molar-refractivity contribution in [2.45, 2.75) is 38.1 Å². The van der Waals surface area contributed by atoms with Gasteiger partial charge in [0.25, 0.3) is 0 Å². The zero-order chi connectivity index (χ0) is 18.8. The van der Waals surface area contributed by atoms with Gasteiger partial charge in [0, 0.05) is 47.3 Å². The molecular weight excluding hydrogens is 344 g/mol. The average Bonchev–Trinajstić information content (AvgIpc) is 3.42. The van der Waals surface area contributed by atoms with Crippen molar-refractivity contribution >= 4 is 22.3 Å². The number of nitrogens with zero attached hydrogens (tertiary/aromatic N) is 3. The molecule has 1 aliphatic carbocycles. The summed E-state index contributed by atoms with van der Waals surface area (Å²) in [5.74, 6) is 0.636. The number of fused-ring (bicyclic) bond motifs is 1. The molecule has 4 heteroatoms. The normalized spacial score (nSPS) is 14.6. The summed E-state index contributed by atoms with van der Waals surface area (Å²) in [5, 5.41) is 9.24. The lowest BCUT2D eigenvalue weighted by molar-refractivity contribution is 0.698. The highest BCUT2D eigenvalue weighted by atomic mass is 15.1. The summed E-state index contributed by atoms with van der Waals surface area (Å²) < 4.78 is 0. The van der Waals surface area contributed by atoms with Crippen LogP contribution in [-0.4, -0.2) is 15.2 Å². The maximum absolute atomic E-state index is 4.64. The maximum Gasteiger partial charge on any atom is 0.0944 e. The second-order valence-corrected chi connectivity index (χ2v) is 7.60. The quantitative estimate of drug-likeness (QED) is 0.473. The van der Waals surface area contributed by atoms with E-state index in [0.29, 0.717) is 5.92 Å². The van der Waals surface area contributed by atoms with E-state index < -0.39 is 0 Å². The molecule has 1 saturated carbocycles. The van der Waals surface area contributed by atoms with Gasteiger partial charge in [-0.2, -0.15) is 5.10 Å². The molecule has 2 aromatic carbocycles. The van der Waals surface area contributed by atoms with E-state index in [1.807, 2.05) is 18.5 Å². The van der Waals surface area contributed by atoms with E-state index in [-0.39, 0.29) is 0 Å². The van der Waals surface area contributed by atoms with Crippen LogP contribution in [0.2, 0.25) is 0 Å². The number of nitrogens with one attached hydrogen (secondary N) is 1. The van der Waals surface area contributed by atoms with Crippen LogP contribution in [-0.2, 0) is 6.54 Å². The fraction of sp³-hybridized carbons (Fsp3) is 0.250. The Morgan fingerprint density at radius 3 is 2.57 bits per heavy atom. The van der Waals surface area contributed by atoms with Gasteiger partial charge in [0.05, 0.1) is 5.52 Å². The number of hydrogen-bond donors (Lipinski definition) is 1. The molecule has 2 heterocycles. The van der Waals surface area contributed by atoms with Crippen LogP contribution in [0.1, 0.15) is 42.9 Å². The Morgan fingerprint density at radius 1 is 0.929 bits per heavy atom. The van der Waals surface area contributed by atoms with Gasteiger partial charge in [0.15, 0.2) is 0 Å². The molecule has 0 saturated heterocycles. The van der Waals surface area contributed by atoms with Gasteiger partial charge in [0.2, 0.25) is 0 Å². The molecule has 1 fully saturated rings. The minimum absolute atomic E-state index is 0.636. The second kappa shape index (κ2) is 7.47. The van der Waals surface area contributed by atoms with Crippen LogP contribution < -0.4 is 4.90 Å². The molecule has 140 valence electrons. The van der Waals surface area contributed by atoms with Crippen molar-refractivity contribution in [3.05, 3.63) is 84.3 Å². The fourth-order valence-electron chi connectivity index (χ4n) is 4.33. The molecule has 0 bridgehead atoms. The highest BCUT2D eigenvalue weighted by Gasteiger charge is 2.21.